The van der Waals surface area contributed by atoms with Gasteiger partial charge in [-0.1, -0.05) is 31.7 Å². The Morgan fingerprint density at radius 2 is 2.24 bits per heavy atom. The molecule has 3 heterocycles. The Hall–Kier alpha value is -1.73. The van der Waals surface area contributed by atoms with Gasteiger partial charge in [0.1, 0.15) is 0 Å². The van der Waals surface area contributed by atoms with Gasteiger partial charge in [-0.2, -0.15) is 4.98 Å². The molecule has 3 aromatic rings. The van der Waals surface area contributed by atoms with E-state index in [-0.39, 0.29) is 11.7 Å². The first kappa shape index (κ1) is 16.7. The number of hydrogen-bond donors (Lipinski definition) is 0. The lowest BCUT2D eigenvalue weighted by Gasteiger charge is -2.21. The molecule has 0 unspecified atom stereocenters. The van der Waals surface area contributed by atoms with Gasteiger partial charge in [-0.25, -0.2) is 9.50 Å². The van der Waals surface area contributed by atoms with Gasteiger partial charge in [-0.3, -0.25) is 4.79 Å². The lowest BCUT2D eigenvalue weighted by molar-refractivity contribution is 0.0963. The number of rotatable bonds is 5. The second-order valence-corrected chi connectivity index (χ2v) is 8.86. The normalized spacial score (nSPS) is 17.4. The summed E-state index contributed by atoms with van der Waals surface area (Å²) in [5.41, 5.74) is 1.55. The van der Waals surface area contributed by atoms with E-state index in [4.69, 9.17) is 0 Å². The molecule has 1 aliphatic carbocycles. The molecule has 25 heavy (non-hydrogen) atoms. The van der Waals surface area contributed by atoms with Crippen molar-refractivity contribution in [3.8, 4) is 0 Å². The highest BCUT2D eigenvalue weighted by Crippen LogP contribution is 2.34. The molecule has 0 aromatic carbocycles. The minimum Gasteiger partial charge on any atom is -0.294 e. The van der Waals surface area contributed by atoms with Gasteiger partial charge in [0.2, 0.25) is 5.16 Å². The quantitative estimate of drug-likeness (QED) is 0.627. The molecule has 0 bridgehead atoms. The second kappa shape index (κ2) is 6.88. The summed E-state index contributed by atoms with van der Waals surface area (Å²) in [5, 5.41) is 7.27. The van der Waals surface area contributed by atoms with Gasteiger partial charge in [-0.15, -0.1) is 16.4 Å². The molecule has 0 saturated carbocycles. The third-order valence-corrected chi connectivity index (χ3v) is 6.34. The van der Waals surface area contributed by atoms with E-state index in [9.17, 15) is 4.79 Å². The highest BCUT2D eigenvalue weighted by molar-refractivity contribution is 7.99. The fraction of sp³-hybridized carbons (Fsp3) is 0.444. The Labute approximate surface area is 154 Å². The van der Waals surface area contributed by atoms with Crippen LogP contribution < -0.4 is 0 Å². The van der Waals surface area contributed by atoms with E-state index in [1.807, 2.05) is 12.3 Å². The molecule has 0 radical (unpaired) electrons. The zero-order valence-corrected chi connectivity index (χ0v) is 15.9. The number of nitrogens with zero attached hydrogens (tertiary/aromatic N) is 4. The first-order valence-corrected chi connectivity index (χ1v) is 10.4. The van der Waals surface area contributed by atoms with Crippen LogP contribution in [-0.2, 0) is 6.42 Å². The van der Waals surface area contributed by atoms with E-state index >= 15 is 0 Å². The smallest absolute Gasteiger partial charge is 0.253 e. The van der Waals surface area contributed by atoms with Crippen molar-refractivity contribution in [2.24, 2.45) is 5.92 Å². The number of Topliss-reactive ketones (excluding diaryl/α,β-unsaturated/α-hetero) is 1. The topological polar surface area (TPSA) is 60.1 Å². The minimum atomic E-state index is 0.151. The maximum absolute atomic E-state index is 12.6. The maximum Gasteiger partial charge on any atom is 0.253 e. The summed E-state index contributed by atoms with van der Waals surface area (Å²) >= 11 is 3.36. The lowest BCUT2D eigenvalue weighted by Crippen LogP contribution is -2.20. The Kier molecular flexibility index (Phi) is 4.60. The van der Waals surface area contributed by atoms with Crippen molar-refractivity contribution in [3.63, 3.8) is 0 Å². The summed E-state index contributed by atoms with van der Waals surface area (Å²) in [6.07, 6.45) is 4.28. The molecule has 130 valence electrons. The summed E-state index contributed by atoms with van der Waals surface area (Å²) in [7, 11) is 0. The molecule has 0 amide bonds. The molecular formula is C18H20N4OS2. The van der Waals surface area contributed by atoms with Crippen molar-refractivity contribution in [3.05, 3.63) is 39.8 Å². The molecule has 7 heteroatoms. The Morgan fingerprint density at radius 1 is 1.36 bits per heavy atom. The predicted octanol–water partition coefficient (Wildman–Crippen LogP) is 4.24. The number of ketones is 1. The van der Waals surface area contributed by atoms with Crippen LogP contribution in [0.5, 0.6) is 0 Å². The van der Waals surface area contributed by atoms with E-state index in [2.05, 4.69) is 40.4 Å². The van der Waals surface area contributed by atoms with Crippen LogP contribution in [0, 0.1) is 5.92 Å². The number of thiophene rings is 1. The van der Waals surface area contributed by atoms with Gasteiger partial charge in [0.15, 0.2) is 5.78 Å². The fourth-order valence-electron chi connectivity index (χ4n) is 3.04. The highest BCUT2D eigenvalue weighted by atomic mass is 32.2. The SMILES string of the molecule is CC(C)CCSc1nc2nc3c(cn2n1)C(=O)C[C@H](c1cccs1)C3. The van der Waals surface area contributed by atoms with Crippen LogP contribution in [0.1, 0.15) is 53.5 Å². The van der Waals surface area contributed by atoms with Crippen LogP contribution in [0.25, 0.3) is 5.78 Å². The Morgan fingerprint density at radius 3 is 3.00 bits per heavy atom. The number of carbonyl (C=O) groups excluding carboxylic acids is 1. The summed E-state index contributed by atoms with van der Waals surface area (Å²) in [6, 6.07) is 4.14. The summed E-state index contributed by atoms with van der Waals surface area (Å²) in [6.45, 7) is 4.42. The fourth-order valence-corrected chi connectivity index (χ4v) is 4.93. The standard InChI is InChI=1S/C18H20N4OS2/c1-11(2)5-7-25-18-20-17-19-14-8-12(16-4-3-6-24-16)9-15(23)13(14)10-22(17)21-18/h3-4,6,10-12H,5,7-9H2,1-2H3/t12-/m1/s1. The third kappa shape index (κ3) is 3.48. The molecule has 4 rings (SSSR count). The number of aromatic nitrogens is 4. The molecule has 3 aromatic heterocycles. The van der Waals surface area contributed by atoms with Gasteiger partial charge in [0, 0.05) is 29.2 Å². The number of hydrogen-bond acceptors (Lipinski definition) is 6. The average Bonchev–Trinajstić information content (AvgIpc) is 3.21. The van der Waals surface area contributed by atoms with E-state index in [1.54, 1.807) is 27.6 Å². The second-order valence-electron chi connectivity index (χ2n) is 6.81. The molecule has 0 fully saturated rings. The zero-order chi connectivity index (χ0) is 17.4. The highest BCUT2D eigenvalue weighted by Gasteiger charge is 2.29. The van der Waals surface area contributed by atoms with Crippen molar-refractivity contribution in [2.75, 3.05) is 5.75 Å². The summed E-state index contributed by atoms with van der Waals surface area (Å²) in [5.74, 6) is 2.64. The van der Waals surface area contributed by atoms with Crippen LogP contribution in [0.2, 0.25) is 0 Å². The van der Waals surface area contributed by atoms with Crippen LogP contribution in [0.3, 0.4) is 0 Å². The van der Waals surface area contributed by atoms with Crippen LogP contribution >= 0.6 is 23.1 Å². The maximum atomic E-state index is 12.6. The molecule has 0 aliphatic heterocycles. The molecule has 0 N–H and O–H groups in total. The van der Waals surface area contributed by atoms with Gasteiger partial charge in [-0.05, 0) is 30.2 Å². The Bertz CT molecular complexity index is 901. The van der Waals surface area contributed by atoms with Crippen LogP contribution in [-0.4, -0.2) is 31.1 Å². The first-order valence-electron chi connectivity index (χ1n) is 8.56. The summed E-state index contributed by atoms with van der Waals surface area (Å²) < 4.78 is 1.65. The predicted molar refractivity (Wildman–Crippen MR) is 101 cm³/mol. The molecule has 5 nitrogen and oxygen atoms in total. The molecular weight excluding hydrogens is 352 g/mol. The number of fused-ring (bicyclic) bond motifs is 2. The van der Waals surface area contributed by atoms with E-state index < -0.39 is 0 Å². The van der Waals surface area contributed by atoms with Crippen molar-refractivity contribution < 1.29 is 4.79 Å². The van der Waals surface area contributed by atoms with Crippen molar-refractivity contribution in [1.29, 1.82) is 0 Å². The number of thioether (sulfide) groups is 1. The van der Waals surface area contributed by atoms with E-state index in [0.29, 0.717) is 23.7 Å². The van der Waals surface area contributed by atoms with Gasteiger partial charge < -0.3 is 0 Å². The monoisotopic (exact) mass is 372 g/mol. The summed E-state index contributed by atoms with van der Waals surface area (Å²) in [4.78, 5) is 23.0. The molecule has 0 spiro atoms. The third-order valence-electron chi connectivity index (χ3n) is 4.43. The van der Waals surface area contributed by atoms with Crippen LogP contribution in [0.4, 0.5) is 0 Å². The zero-order valence-electron chi connectivity index (χ0n) is 14.3. The van der Waals surface area contributed by atoms with Crippen LogP contribution in [0.15, 0.2) is 28.9 Å². The van der Waals surface area contributed by atoms with Crippen molar-refractivity contribution in [2.45, 2.75) is 44.2 Å². The van der Waals surface area contributed by atoms with E-state index in [1.165, 1.54) is 4.88 Å². The molecule has 1 aliphatic rings. The minimum absolute atomic E-state index is 0.151. The number of carbonyl (C=O) groups is 1. The van der Waals surface area contributed by atoms with Gasteiger partial charge in [0.25, 0.3) is 5.78 Å². The molecule has 0 saturated heterocycles. The lowest BCUT2D eigenvalue weighted by atomic mass is 9.86. The van der Waals surface area contributed by atoms with Gasteiger partial charge >= 0.3 is 0 Å². The Balaban J connectivity index is 1.60. The van der Waals surface area contributed by atoms with Crippen molar-refractivity contribution >= 4 is 34.7 Å². The average molecular weight is 373 g/mol. The van der Waals surface area contributed by atoms with E-state index in [0.717, 1.165) is 29.4 Å². The van der Waals surface area contributed by atoms with Crippen molar-refractivity contribution in [1.82, 2.24) is 19.6 Å². The van der Waals surface area contributed by atoms with Gasteiger partial charge in [0.05, 0.1) is 11.3 Å². The first-order chi connectivity index (χ1) is 12.1. The molecule has 1 atom stereocenters. The largest absolute Gasteiger partial charge is 0.294 e.